The van der Waals surface area contributed by atoms with Gasteiger partial charge in [0.05, 0.1) is 11.6 Å². The normalized spacial score (nSPS) is 10.9. The van der Waals surface area contributed by atoms with Gasteiger partial charge in [-0.2, -0.15) is 5.26 Å². The summed E-state index contributed by atoms with van der Waals surface area (Å²) in [6.07, 6.45) is 0.413. The summed E-state index contributed by atoms with van der Waals surface area (Å²) in [6.45, 7) is 0. The van der Waals surface area contributed by atoms with Crippen molar-refractivity contribution in [2.24, 2.45) is 0 Å². The zero-order valence-electron chi connectivity index (χ0n) is 12.6. The zero-order chi connectivity index (χ0) is 16.1. The second-order valence-electron chi connectivity index (χ2n) is 5.38. The summed E-state index contributed by atoms with van der Waals surface area (Å²) >= 11 is 0. The Kier molecular flexibility index (Phi) is 4.42. The van der Waals surface area contributed by atoms with E-state index in [-0.39, 0.29) is 0 Å². The van der Waals surface area contributed by atoms with Crippen LogP contribution in [0.5, 0.6) is 0 Å². The van der Waals surface area contributed by atoms with Gasteiger partial charge in [-0.25, -0.2) is 0 Å². The Bertz CT molecular complexity index is 839. The Morgan fingerprint density at radius 3 is 1.87 bits per heavy atom. The molecule has 3 aromatic carbocycles. The van der Waals surface area contributed by atoms with Gasteiger partial charge in [-0.1, -0.05) is 72.8 Å². The van der Waals surface area contributed by atoms with Crippen LogP contribution in [0.2, 0.25) is 0 Å². The van der Waals surface area contributed by atoms with E-state index in [0.717, 1.165) is 16.2 Å². The van der Waals surface area contributed by atoms with Crippen molar-refractivity contribution in [1.82, 2.24) is 0 Å². The van der Waals surface area contributed by atoms with Gasteiger partial charge in [-0.05, 0) is 17.7 Å². The molecule has 3 aromatic rings. The van der Waals surface area contributed by atoms with E-state index in [1.54, 1.807) is 6.07 Å². The van der Waals surface area contributed by atoms with Gasteiger partial charge in [0, 0.05) is 16.8 Å². The van der Waals surface area contributed by atoms with Crippen LogP contribution in [0.4, 0.5) is 0 Å². The predicted octanol–water partition coefficient (Wildman–Crippen LogP) is 4.07. The molecule has 0 aromatic heterocycles. The molecule has 3 heteroatoms. The molecule has 0 N–H and O–H groups in total. The lowest BCUT2D eigenvalue weighted by atomic mass is 10.2. The van der Waals surface area contributed by atoms with Crippen LogP contribution >= 0.6 is 7.14 Å². The summed E-state index contributed by atoms with van der Waals surface area (Å²) in [5.74, 6) is 0. The van der Waals surface area contributed by atoms with E-state index >= 15 is 0 Å². The molecule has 0 aliphatic carbocycles. The molecule has 0 spiro atoms. The van der Waals surface area contributed by atoms with Crippen molar-refractivity contribution in [3.05, 3.63) is 96.1 Å². The third-order valence-electron chi connectivity index (χ3n) is 3.81. The van der Waals surface area contributed by atoms with Crippen LogP contribution in [-0.4, -0.2) is 0 Å². The SMILES string of the molecule is N#Cc1cccc(CP(=O)(c2ccccc2)c2ccccc2)c1. The molecule has 0 saturated carbocycles. The molecular formula is C20H16NOP. The van der Waals surface area contributed by atoms with E-state index in [1.165, 1.54) is 0 Å². The molecule has 0 radical (unpaired) electrons. The molecular weight excluding hydrogens is 301 g/mol. The number of hydrogen-bond acceptors (Lipinski definition) is 2. The third kappa shape index (κ3) is 3.26. The summed E-state index contributed by atoms with van der Waals surface area (Å²) in [6, 6.07) is 28.7. The Morgan fingerprint density at radius 2 is 1.35 bits per heavy atom. The van der Waals surface area contributed by atoms with E-state index in [2.05, 4.69) is 6.07 Å². The first-order valence-corrected chi connectivity index (χ1v) is 9.31. The lowest BCUT2D eigenvalue weighted by Crippen LogP contribution is -2.17. The molecule has 3 rings (SSSR count). The Morgan fingerprint density at radius 1 is 0.783 bits per heavy atom. The molecule has 0 saturated heterocycles. The number of rotatable bonds is 4. The van der Waals surface area contributed by atoms with E-state index < -0.39 is 7.14 Å². The molecule has 2 nitrogen and oxygen atoms in total. The number of nitrogens with zero attached hydrogens (tertiary/aromatic N) is 1. The minimum Gasteiger partial charge on any atom is -0.313 e. The van der Waals surface area contributed by atoms with Gasteiger partial charge < -0.3 is 4.57 Å². The van der Waals surface area contributed by atoms with Gasteiger partial charge in [0.15, 0.2) is 0 Å². The highest BCUT2D eigenvalue weighted by Gasteiger charge is 2.27. The van der Waals surface area contributed by atoms with E-state index in [0.29, 0.717) is 11.7 Å². The average molecular weight is 317 g/mol. The summed E-state index contributed by atoms with van der Waals surface area (Å²) in [5, 5.41) is 10.8. The van der Waals surface area contributed by atoms with Gasteiger partial charge in [-0.3, -0.25) is 0 Å². The lowest BCUT2D eigenvalue weighted by molar-refractivity contribution is 0.586. The Labute approximate surface area is 136 Å². The molecule has 0 heterocycles. The monoisotopic (exact) mass is 317 g/mol. The standard InChI is InChI=1S/C20H16NOP/c21-15-17-8-7-9-18(14-17)16-23(22,19-10-3-1-4-11-19)20-12-5-2-6-13-20/h1-14H,16H2. The largest absolute Gasteiger partial charge is 0.313 e. The maximum Gasteiger partial charge on any atom is 0.147 e. The fourth-order valence-corrected chi connectivity index (χ4v) is 5.35. The summed E-state index contributed by atoms with van der Waals surface area (Å²) in [5.41, 5.74) is 1.51. The second-order valence-corrected chi connectivity index (χ2v) is 8.21. The predicted molar refractivity (Wildman–Crippen MR) is 94.6 cm³/mol. The van der Waals surface area contributed by atoms with Gasteiger partial charge >= 0.3 is 0 Å². The summed E-state index contributed by atoms with van der Waals surface area (Å²) < 4.78 is 13.9. The fourth-order valence-electron chi connectivity index (χ4n) is 2.67. The van der Waals surface area contributed by atoms with Crippen molar-refractivity contribution < 1.29 is 4.57 Å². The smallest absolute Gasteiger partial charge is 0.147 e. The highest BCUT2D eigenvalue weighted by molar-refractivity contribution is 7.78. The first-order valence-electron chi connectivity index (χ1n) is 7.42. The van der Waals surface area contributed by atoms with Crippen LogP contribution in [0.25, 0.3) is 0 Å². The van der Waals surface area contributed by atoms with Gasteiger partial charge in [0.2, 0.25) is 0 Å². The molecule has 0 amide bonds. The Balaban J connectivity index is 2.10. The van der Waals surface area contributed by atoms with E-state index in [9.17, 15) is 4.57 Å². The molecule has 0 aliphatic heterocycles. The van der Waals surface area contributed by atoms with Crippen molar-refractivity contribution in [3.63, 3.8) is 0 Å². The fraction of sp³-hybridized carbons (Fsp3) is 0.0500. The molecule has 0 aliphatic rings. The molecule has 23 heavy (non-hydrogen) atoms. The molecule has 0 fully saturated rings. The molecule has 0 bridgehead atoms. The number of nitriles is 1. The topological polar surface area (TPSA) is 40.9 Å². The lowest BCUT2D eigenvalue weighted by Gasteiger charge is -2.19. The van der Waals surface area contributed by atoms with Crippen LogP contribution in [0, 0.1) is 11.3 Å². The minimum atomic E-state index is -2.79. The van der Waals surface area contributed by atoms with Crippen molar-refractivity contribution in [1.29, 1.82) is 5.26 Å². The maximum atomic E-state index is 13.9. The van der Waals surface area contributed by atoms with Crippen molar-refractivity contribution in [3.8, 4) is 6.07 Å². The van der Waals surface area contributed by atoms with Crippen LogP contribution in [0.3, 0.4) is 0 Å². The van der Waals surface area contributed by atoms with Gasteiger partial charge in [-0.15, -0.1) is 0 Å². The average Bonchev–Trinajstić information content (AvgIpc) is 2.63. The first kappa shape index (κ1) is 15.3. The molecule has 0 atom stereocenters. The second kappa shape index (κ2) is 6.65. The van der Waals surface area contributed by atoms with Gasteiger partial charge in [0.1, 0.15) is 7.14 Å². The Hall–Kier alpha value is -2.62. The summed E-state index contributed by atoms with van der Waals surface area (Å²) in [7, 11) is -2.79. The highest BCUT2D eigenvalue weighted by atomic mass is 31.2. The molecule has 112 valence electrons. The highest BCUT2D eigenvalue weighted by Crippen LogP contribution is 2.46. The van der Waals surface area contributed by atoms with Crippen molar-refractivity contribution >= 4 is 17.8 Å². The zero-order valence-corrected chi connectivity index (χ0v) is 13.5. The van der Waals surface area contributed by atoms with Crippen LogP contribution in [0.15, 0.2) is 84.9 Å². The first-order chi connectivity index (χ1) is 11.2. The maximum absolute atomic E-state index is 13.9. The minimum absolute atomic E-state index is 0.413. The third-order valence-corrected chi connectivity index (χ3v) is 6.88. The van der Waals surface area contributed by atoms with Crippen molar-refractivity contribution in [2.75, 3.05) is 0 Å². The quantitative estimate of drug-likeness (QED) is 0.681. The van der Waals surface area contributed by atoms with E-state index in [4.69, 9.17) is 5.26 Å². The number of benzene rings is 3. The number of hydrogen-bond donors (Lipinski definition) is 0. The van der Waals surface area contributed by atoms with Gasteiger partial charge in [0.25, 0.3) is 0 Å². The van der Waals surface area contributed by atoms with Crippen LogP contribution in [-0.2, 0) is 10.7 Å². The van der Waals surface area contributed by atoms with Crippen molar-refractivity contribution in [2.45, 2.75) is 6.16 Å². The van der Waals surface area contributed by atoms with E-state index in [1.807, 2.05) is 78.9 Å². The van der Waals surface area contributed by atoms with Crippen LogP contribution < -0.4 is 10.6 Å². The summed E-state index contributed by atoms with van der Waals surface area (Å²) in [4.78, 5) is 0. The van der Waals surface area contributed by atoms with Crippen LogP contribution in [0.1, 0.15) is 11.1 Å². The molecule has 0 unspecified atom stereocenters.